The quantitative estimate of drug-likeness (QED) is 0.440. The molecule has 0 bridgehead atoms. The highest BCUT2D eigenvalue weighted by Gasteiger charge is 2.35. The number of carbonyl (C=O) groups excluding carboxylic acids is 1. The molecule has 14 heteroatoms. The average Bonchev–Trinajstić information content (AvgIpc) is 3.15. The molecule has 30 heavy (non-hydrogen) atoms. The van der Waals surface area contributed by atoms with Crippen molar-refractivity contribution in [2.24, 2.45) is 0 Å². The molecule has 0 radical (unpaired) electrons. The van der Waals surface area contributed by atoms with E-state index in [0.29, 0.717) is 5.56 Å². The van der Waals surface area contributed by atoms with E-state index in [2.05, 4.69) is 15.5 Å². The largest absolute Gasteiger partial charge is 0.468 e. The van der Waals surface area contributed by atoms with Gasteiger partial charge in [-0.2, -0.15) is 9.78 Å². The molecule has 0 saturated heterocycles. The van der Waals surface area contributed by atoms with E-state index in [1.165, 1.54) is 29.9 Å². The zero-order valence-electron chi connectivity index (χ0n) is 15.3. The number of hydrogen-bond acceptors (Lipinski definition) is 7. The van der Waals surface area contributed by atoms with E-state index in [0.717, 1.165) is 4.68 Å². The molecule has 2 aromatic heterocycles. The van der Waals surface area contributed by atoms with E-state index in [-0.39, 0.29) is 23.1 Å². The molecule has 0 spiro atoms. The fraction of sp³-hybridized carbons (Fsp3) is 0.188. The summed E-state index contributed by atoms with van der Waals surface area (Å²) in [5, 5.41) is 32.2. The summed E-state index contributed by atoms with van der Waals surface area (Å²) in [5.41, 5.74) is -0.311. The molecule has 0 aliphatic carbocycles. The highest BCUT2D eigenvalue weighted by molar-refractivity contribution is 6.33. The van der Waals surface area contributed by atoms with Crippen molar-refractivity contribution in [3.63, 3.8) is 0 Å². The third-order valence-electron chi connectivity index (χ3n) is 4.01. The summed E-state index contributed by atoms with van der Waals surface area (Å²) in [5.74, 6) is -2.06. The SMILES string of the molecule is Cc1c([N+](=O)[O-])c([N+](=O)[O-])nn1CC(=O)Nc1nn(Cc2cccc(F)c2)cc1Cl. The minimum atomic E-state index is -0.996. The second-order valence-corrected chi connectivity index (χ2v) is 6.54. The van der Waals surface area contributed by atoms with Crippen LogP contribution in [0.1, 0.15) is 11.3 Å². The van der Waals surface area contributed by atoms with Gasteiger partial charge in [0.15, 0.2) is 5.82 Å². The van der Waals surface area contributed by atoms with Gasteiger partial charge in [0, 0.05) is 6.20 Å². The number of nitro groups is 2. The Hall–Kier alpha value is -3.87. The molecular formula is C16H13ClFN7O5. The molecule has 3 aromatic rings. The van der Waals surface area contributed by atoms with E-state index in [9.17, 15) is 29.4 Å². The summed E-state index contributed by atoms with van der Waals surface area (Å²) >= 11 is 6.06. The van der Waals surface area contributed by atoms with Crippen LogP contribution in [0.5, 0.6) is 0 Å². The van der Waals surface area contributed by atoms with Gasteiger partial charge in [-0.3, -0.25) is 19.6 Å². The van der Waals surface area contributed by atoms with E-state index in [4.69, 9.17) is 11.6 Å². The van der Waals surface area contributed by atoms with Crippen LogP contribution in [0.25, 0.3) is 0 Å². The molecule has 0 saturated carbocycles. The second kappa shape index (κ2) is 8.24. The minimum Gasteiger partial charge on any atom is -0.358 e. The van der Waals surface area contributed by atoms with Crippen LogP contribution in [-0.4, -0.2) is 35.3 Å². The Labute approximate surface area is 172 Å². The zero-order chi connectivity index (χ0) is 22.0. The maximum Gasteiger partial charge on any atom is 0.468 e. The third kappa shape index (κ3) is 4.41. The highest BCUT2D eigenvalue weighted by atomic mass is 35.5. The molecule has 0 unspecified atom stereocenters. The van der Waals surface area contributed by atoms with Gasteiger partial charge < -0.3 is 15.4 Å². The van der Waals surface area contributed by atoms with Crippen molar-refractivity contribution in [2.45, 2.75) is 20.0 Å². The van der Waals surface area contributed by atoms with Crippen molar-refractivity contribution in [2.75, 3.05) is 5.32 Å². The predicted molar refractivity (Wildman–Crippen MR) is 102 cm³/mol. The molecule has 0 fully saturated rings. The fourth-order valence-electron chi connectivity index (χ4n) is 2.70. The van der Waals surface area contributed by atoms with Gasteiger partial charge in [-0.05, 0) is 29.5 Å². The summed E-state index contributed by atoms with van der Waals surface area (Å²) < 4.78 is 15.5. The van der Waals surface area contributed by atoms with Crippen LogP contribution < -0.4 is 5.32 Å². The van der Waals surface area contributed by atoms with Crippen molar-refractivity contribution < 1.29 is 19.0 Å². The lowest BCUT2D eigenvalue weighted by Crippen LogP contribution is -2.21. The van der Waals surface area contributed by atoms with E-state index < -0.39 is 39.6 Å². The standard InChI is InChI=1S/C16H13ClFN7O5/c1-9-14(24(27)28)16(25(29)30)21-23(9)8-13(26)19-15-12(17)7-22(20-15)6-10-3-2-4-11(18)5-10/h2-5,7H,6,8H2,1H3,(H,19,20,26). The van der Waals surface area contributed by atoms with E-state index in [1.54, 1.807) is 12.1 Å². The van der Waals surface area contributed by atoms with Crippen molar-refractivity contribution >= 4 is 34.8 Å². The van der Waals surface area contributed by atoms with E-state index in [1.807, 2.05) is 0 Å². The topological polar surface area (TPSA) is 151 Å². The Morgan fingerprint density at radius 2 is 2.00 bits per heavy atom. The lowest BCUT2D eigenvalue weighted by molar-refractivity contribution is -0.424. The van der Waals surface area contributed by atoms with Gasteiger partial charge in [-0.15, -0.1) is 0 Å². The number of nitrogens with one attached hydrogen (secondary N) is 1. The van der Waals surface area contributed by atoms with Crippen LogP contribution in [-0.2, 0) is 17.9 Å². The Bertz CT molecular complexity index is 1160. The molecule has 1 aromatic carbocycles. The van der Waals surface area contributed by atoms with Crippen molar-refractivity contribution in [1.29, 1.82) is 0 Å². The third-order valence-corrected chi connectivity index (χ3v) is 4.29. The number of benzene rings is 1. The van der Waals surface area contributed by atoms with Crippen molar-refractivity contribution in [3.8, 4) is 0 Å². The molecule has 3 rings (SSSR count). The molecule has 2 heterocycles. The smallest absolute Gasteiger partial charge is 0.358 e. The molecule has 1 amide bonds. The maximum atomic E-state index is 13.3. The van der Waals surface area contributed by atoms with Crippen LogP contribution in [0.4, 0.5) is 21.7 Å². The minimum absolute atomic E-state index is 0.00637. The second-order valence-electron chi connectivity index (χ2n) is 6.13. The van der Waals surface area contributed by atoms with Crippen molar-refractivity contribution in [1.82, 2.24) is 19.6 Å². The summed E-state index contributed by atoms with van der Waals surface area (Å²) in [6, 6.07) is 5.87. The molecular weight excluding hydrogens is 425 g/mol. The Balaban J connectivity index is 1.74. The Morgan fingerprint density at radius 3 is 2.60 bits per heavy atom. The number of rotatable bonds is 7. The molecule has 1 N–H and O–H groups in total. The average molecular weight is 438 g/mol. The number of aromatic nitrogens is 4. The van der Waals surface area contributed by atoms with Crippen molar-refractivity contribution in [3.05, 3.63) is 72.8 Å². The number of anilines is 1. The zero-order valence-corrected chi connectivity index (χ0v) is 16.0. The molecule has 156 valence electrons. The van der Waals surface area contributed by atoms with Gasteiger partial charge in [0.05, 0.1) is 16.6 Å². The van der Waals surface area contributed by atoms with Crippen LogP contribution in [0.15, 0.2) is 30.5 Å². The monoisotopic (exact) mass is 437 g/mol. The first-order valence-electron chi connectivity index (χ1n) is 8.29. The van der Waals surface area contributed by atoms with Gasteiger partial charge in [0.25, 0.3) is 0 Å². The summed E-state index contributed by atoms with van der Waals surface area (Å²) in [7, 11) is 0. The molecule has 12 nitrogen and oxygen atoms in total. The number of halogens is 2. The fourth-order valence-corrected chi connectivity index (χ4v) is 2.90. The Morgan fingerprint density at radius 1 is 1.27 bits per heavy atom. The first-order chi connectivity index (χ1) is 14.2. The summed E-state index contributed by atoms with van der Waals surface area (Å²) in [6.07, 6.45) is 1.43. The normalized spacial score (nSPS) is 10.8. The van der Waals surface area contributed by atoms with Gasteiger partial charge in [-0.1, -0.05) is 23.7 Å². The molecule has 0 atom stereocenters. The number of amides is 1. The number of carbonyl (C=O) groups is 1. The Kier molecular flexibility index (Phi) is 5.73. The van der Waals surface area contributed by atoms with Crippen LogP contribution in [0.2, 0.25) is 5.02 Å². The first kappa shape index (κ1) is 20.9. The van der Waals surface area contributed by atoms with Gasteiger partial charge in [0.1, 0.15) is 23.1 Å². The predicted octanol–water partition coefficient (Wildman–Crippen LogP) is 2.68. The van der Waals surface area contributed by atoms with Gasteiger partial charge in [0.2, 0.25) is 5.91 Å². The van der Waals surface area contributed by atoms with Crippen LogP contribution in [0.3, 0.4) is 0 Å². The van der Waals surface area contributed by atoms with Crippen LogP contribution >= 0.6 is 11.6 Å². The first-order valence-corrected chi connectivity index (χ1v) is 8.67. The number of hydrogen-bond donors (Lipinski definition) is 1. The van der Waals surface area contributed by atoms with Gasteiger partial charge >= 0.3 is 11.5 Å². The lowest BCUT2D eigenvalue weighted by Gasteiger charge is -2.03. The van der Waals surface area contributed by atoms with E-state index >= 15 is 0 Å². The van der Waals surface area contributed by atoms with Crippen LogP contribution in [0, 0.1) is 33.0 Å². The lowest BCUT2D eigenvalue weighted by atomic mass is 10.2. The molecule has 0 aliphatic heterocycles. The maximum absolute atomic E-state index is 13.3. The summed E-state index contributed by atoms with van der Waals surface area (Å²) in [6.45, 7) is 0.906. The summed E-state index contributed by atoms with van der Waals surface area (Å²) in [4.78, 5) is 32.4. The van der Waals surface area contributed by atoms with Gasteiger partial charge in [-0.25, -0.2) is 4.39 Å². The molecule has 0 aliphatic rings. The highest BCUT2D eigenvalue weighted by Crippen LogP contribution is 2.29. The number of nitrogens with zero attached hydrogens (tertiary/aromatic N) is 6.